The Labute approximate surface area is 161 Å². The van der Waals surface area contributed by atoms with Crippen LogP contribution in [0.4, 0.5) is 4.79 Å². The van der Waals surface area contributed by atoms with E-state index in [-0.39, 0.29) is 17.7 Å². The molecule has 1 aromatic rings. The van der Waals surface area contributed by atoms with Crippen molar-refractivity contribution in [3.05, 3.63) is 47.5 Å². The van der Waals surface area contributed by atoms with Crippen molar-refractivity contribution in [2.75, 3.05) is 26.4 Å². The van der Waals surface area contributed by atoms with Gasteiger partial charge in [0.15, 0.2) is 0 Å². The average Bonchev–Trinajstić information content (AvgIpc) is 3.27. The molecule has 0 aromatic heterocycles. The summed E-state index contributed by atoms with van der Waals surface area (Å²) in [7, 11) is 0. The second kappa shape index (κ2) is 8.03. The molecule has 1 saturated heterocycles. The number of ether oxygens (including phenoxy) is 3. The lowest BCUT2D eigenvalue weighted by molar-refractivity contribution is 0.00495. The van der Waals surface area contributed by atoms with E-state index in [1.54, 1.807) is 6.08 Å². The number of rotatable bonds is 7. The van der Waals surface area contributed by atoms with Gasteiger partial charge in [0.2, 0.25) is 0 Å². The van der Waals surface area contributed by atoms with E-state index in [4.69, 9.17) is 14.2 Å². The van der Waals surface area contributed by atoms with E-state index in [9.17, 15) is 4.79 Å². The zero-order chi connectivity index (χ0) is 18.7. The highest BCUT2D eigenvalue weighted by atomic mass is 16.6. The molecule has 1 N–H and O–H groups in total. The molecule has 2 aliphatic carbocycles. The normalized spacial score (nSPS) is 29.4. The van der Waals surface area contributed by atoms with Gasteiger partial charge in [0.05, 0.1) is 31.5 Å². The third-order valence-corrected chi connectivity index (χ3v) is 6.16. The molecule has 5 heteroatoms. The zero-order valence-corrected chi connectivity index (χ0v) is 15.9. The van der Waals surface area contributed by atoms with Crippen molar-refractivity contribution >= 4 is 6.09 Å². The fourth-order valence-electron chi connectivity index (χ4n) is 4.73. The smallest absolute Gasteiger partial charge is 0.407 e. The minimum atomic E-state index is -0.262. The van der Waals surface area contributed by atoms with Gasteiger partial charge in [-0.25, -0.2) is 4.79 Å². The maximum atomic E-state index is 11.4. The van der Waals surface area contributed by atoms with Crippen LogP contribution < -0.4 is 5.32 Å². The highest BCUT2D eigenvalue weighted by Crippen LogP contribution is 2.43. The van der Waals surface area contributed by atoms with Crippen LogP contribution in [0.2, 0.25) is 0 Å². The second-order valence-corrected chi connectivity index (χ2v) is 8.05. The molecule has 1 unspecified atom stereocenters. The van der Waals surface area contributed by atoms with Crippen LogP contribution in [0.5, 0.6) is 0 Å². The summed E-state index contributed by atoms with van der Waals surface area (Å²) in [5.74, 6) is 0.508. The molecule has 3 aliphatic rings. The molecule has 2 fully saturated rings. The fraction of sp³-hybridized carbons (Fsp3) is 0.591. The third-order valence-electron chi connectivity index (χ3n) is 6.16. The van der Waals surface area contributed by atoms with Gasteiger partial charge in [0.25, 0.3) is 0 Å². The SMILES string of the molecule is C=CCOCCOC1CCc2cc([C@H]3CC[C@]4(COC(=O)N4)C3)ccc2C1. The lowest BCUT2D eigenvalue weighted by Crippen LogP contribution is -2.40. The molecule has 146 valence electrons. The molecule has 5 nitrogen and oxygen atoms in total. The molecule has 1 amide bonds. The Hall–Kier alpha value is -1.85. The predicted molar refractivity (Wildman–Crippen MR) is 103 cm³/mol. The monoisotopic (exact) mass is 371 g/mol. The molecular formula is C22H29NO4. The second-order valence-electron chi connectivity index (χ2n) is 8.05. The number of hydrogen-bond donors (Lipinski definition) is 1. The maximum absolute atomic E-state index is 11.4. The quantitative estimate of drug-likeness (QED) is 0.589. The van der Waals surface area contributed by atoms with E-state index in [0.717, 1.165) is 38.5 Å². The lowest BCUT2D eigenvalue weighted by atomic mass is 9.85. The molecular weight excluding hydrogens is 342 g/mol. The zero-order valence-electron chi connectivity index (χ0n) is 15.9. The standard InChI is InChI=1S/C22H29NO4/c1-2-9-25-10-11-26-20-6-5-16-12-17(3-4-18(16)13-20)19-7-8-22(14-19)15-27-21(24)23-22/h2-4,12,19-20H,1,5-11,13-15H2,(H,23,24)/t19-,20?,22+/m0/s1. The van der Waals surface area contributed by atoms with E-state index < -0.39 is 0 Å². The highest BCUT2D eigenvalue weighted by Gasteiger charge is 2.46. The number of carbonyl (C=O) groups excluding carboxylic acids is 1. The molecule has 1 aliphatic heterocycles. The molecule has 1 spiro atoms. The van der Waals surface area contributed by atoms with Crippen LogP contribution in [0.15, 0.2) is 30.9 Å². The first kappa shape index (κ1) is 18.5. The Morgan fingerprint density at radius 2 is 2.22 bits per heavy atom. The maximum Gasteiger partial charge on any atom is 0.407 e. The number of hydrogen-bond acceptors (Lipinski definition) is 4. The van der Waals surface area contributed by atoms with E-state index in [2.05, 4.69) is 30.1 Å². The summed E-state index contributed by atoms with van der Waals surface area (Å²) in [5, 5.41) is 3.04. The van der Waals surface area contributed by atoms with Crippen LogP contribution in [0.25, 0.3) is 0 Å². The lowest BCUT2D eigenvalue weighted by Gasteiger charge is -2.26. The van der Waals surface area contributed by atoms with Gasteiger partial charge >= 0.3 is 6.09 Å². The number of alkyl carbamates (subject to hydrolysis) is 1. The number of nitrogens with one attached hydrogen (secondary N) is 1. The van der Waals surface area contributed by atoms with Gasteiger partial charge < -0.3 is 19.5 Å². The van der Waals surface area contributed by atoms with Crippen molar-refractivity contribution in [1.29, 1.82) is 0 Å². The largest absolute Gasteiger partial charge is 0.447 e. The summed E-state index contributed by atoms with van der Waals surface area (Å²) in [6, 6.07) is 6.94. The summed E-state index contributed by atoms with van der Waals surface area (Å²) in [5.41, 5.74) is 4.14. The fourth-order valence-corrected chi connectivity index (χ4v) is 4.73. The predicted octanol–water partition coefficient (Wildman–Crippen LogP) is 3.51. The van der Waals surface area contributed by atoms with Crippen molar-refractivity contribution in [3.63, 3.8) is 0 Å². The average molecular weight is 371 g/mol. The number of cyclic esters (lactones) is 1. The van der Waals surface area contributed by atoms with E-state index >= 15 is 0 Å². The Morgan fingerprint density at radius 3 is 3.04 bits per heavy atom. The highest BCUT2D eigenvalue weighted by molar-refractivity contribution is 5.70. The summed E-state index contributed by atoms with van der Waals surface area (Å²) < 4.78 is 16.5. The summed E-state index contributed by atoms with van der Waals surface area (Å²) in [4.78, 5) is 11.4. The van der Waals surface area contributed by atoms with Crippen molar-refractivity contribution < 1.29 is 19.0 Å². The van der Waals surface area contributed by atoms with Gasteiger partial charge in [-0.1, -0.05) is 24.3 Å². The van der Waals surface area contributed by atoms with Gasteiger partial charge in [-0.15, -0.1) is 6.58 Å². The first-order chi connectivity index (χ1) is 13.2. The van der Waals surface area contributed by atoms with Crippen molar-refractivity contribution in [2.24, 2.45) is 0 Å². The van der Waals surface area contributed by atoms with E-state index in [0.29, 0.717) is 32.3 Å². The number of aryl methyl sites for hydroxylation is 1. The van der Waals surface area contributed by atoms with Crippen LogP contribution in [-0.4, -0.2) is 44.2 Å². The molecule has 4 rings (SSSR count). The summed E-state index contributed by atoms with van der Waals surface area (Å²) in [6.45, 7) is 6.01. The van der Waals surface area contributed by atoms with Gasteiger partial charge in [0, 0.05) is 0 Å². The van der Waals surface area contributed by atoms with Crippen molar-refractivity contribution in [1.82, 2.24) is 5.32 Å². The van der Waals surface area contributed by atoms with E-state index in [1.165, 1.54) is 16.7 Å². The minimum Gasteiger partial charge on any atom is -0.447 e. The van der Waals surface area contributed by atoms with Gasteiger partial charge in [-0.05, 0) is 61.1 Å². The molecule has 1 heterocycles. The summed E-state index contributed by atoms with van der Waals surface area (Å²) >= 11 is 0. The van der Waals surface area contributed by atoms with Crippen LogP contribution in [-0.2, 0) is 27.1 Å². The molecule has 1 saturated carbocycles. The Balaban J connectivity index is 1.32. The van der Waals surface area contributed by atoms with Gasteiger partial charge in [0.1, 0.15) is 6.61 Å². The van der Waals surface area contributed by atoms with E-state index in [1.807, 2.05) is 0 Å². The number of carbonyl (C=O) groups is 1. The van der Waals surface area contributed by atoms with Gasteiger partial charge in [-0.3, -0.25) is 0 Å². The molecule has 1 aromatic carbocycles. The molecule has 3 atom stereocenters. The first-order valence-corrected chi connectivity index (χ1v) is 10.0. The topological polar surface area (TPSA) is 56.8 Å². The summed E-state index contributed by atoms with van der Waals surface area (Å²) in [6.07, 6.45) is 7.99. The number of benzene rings is 1. The Kier molecular flexibility index (Phi) is 5.50. The first-order valence-electron chi connectivity index (χ1n) is 10.0. The van der Waals surface area contributed by atoms with Crippen molar-refractivity contribution in [2.45, 2.75) is 56.1 Å². The third kappa shape index (κ3) is 4.19. The molecule has 27 heavy (non-hydrogen) atoms. The van der Waals surface area contributed by atoms with Crippen LogP contribution in [0, 0.1) is 0 Å². The Morgan fingerprint density at radius 1 is 1.30 bits per heavy atom. The van der Waals surface area contributed by atoms with Crippen LogP contribution in [0.1, 0.15) is 48.3 Å². The van der Waals surface area contributed by atoms with Crippen molar-refractivity contribution in [3.8, 4) is 0 Å². The number of fused-ring (bicyclic) bond motifs is 1. The molecule has 0 bridgehead atoms. The van der Waals surface area contributed by atoms with Crippen LogP contribution in [0.3, 0.4) is 0 Å². The molecule has 0 radical (unpaired) electrons. The number of amides is 1. The van der Waals surface area contributed by atoms with Crippen LogP contribution >= 0.6 is 0 Å². The minimum absolute atomic E-state index is 0.135. The Bertz CT molecular complexity index is 704. The van der Waals surface area contributed by atoms with Gasteiger partial charge in [-0.2, -0.15) is 0 Å².